The monoisotopic (exact) mass is 874 g/mol. The second-order valence-electron chi connectivity index (χ2n) is 21.8. The maximum absolute atomic E-state index is 7.54. The Morgan fingerprint density at radius 2 is 0.955 bits per heavy atom. The molecule has 2 aliphatic rings. The van der Waals surface area contributed by atoms with Gasteiger partial charge in [-0.3, -0.25) is 0 Å². The second-order valence-corrected chi connectivity index (χ2v) is 22.8. The Bertz CT molecular complexity index is 3780. The van der Waals surface area contributed by atoms with Crippen LogP contribution in [0.25, 0.3) is 75.2 Å². The minimum Gasteiger partial charge on any atom is -0.458 e. The maximum Gasteiger partial charge on any atom is 0.260 e. The van der Waals surface area contributed by atoms with Gasteiger partial charge in [0.2, 0.25) is 0 Å². The van der Waals surface area contributed by atoms with Crippen molar-refractivity contribution in [2.45, 2.75) is 78.6 Å². The topological polar surface area (TPSA) is 28.3 Å². The van der Waals surface area contributed by atoms with Crippen LogP contribution in [0.4, 0.5) is 0 Å². The number of nitrogens with zero attached hydrogens (tertiary/aromatic N) is 2. The lowest BCUT2D eigenvalue weighted by Gasteiger charge is -2.35. The van der Waals surface area contributed by atoms with Crippen molar-refractivity contribution in [1.82, 2.24) is 9.13 Å². The van der Waals surface area contributed by atoms with E-state index in [-0.39, 0.29) is 23.0 Å². The zero-order valence-electron chi connectivity index (χ0n) is 39.1. The number of rotatable bonds is 2. The van der Waals surface area contributed by atoms with E-state index in [1.54, 1.807) is 0 Å². The Labute approximate surface area is 390 Å². The predicted octanol–water partition coefficient (Wildman–Crippen LogP) is 14.9. The van der Waals surface area contributed by atoms with Crippen molar-refractivity contribution in [1.29, 1.82) is 0 Å². The van der Waals surface area contributed by atoms with E-state index in [1.165, 1.54) is 75.2 Å². The molecule has 13 rings (SSSR count). The third kappa shape index (κ3) is 5.64. The number of aromatic nitrogens is 2. The van der Waals surface area contributed by atoms with E-state index >= 15 is 0 Å². The molecule has 0 saturated carbocycles. The molecule has 66 heavy (non-hydrogen) atoms. The van der Waals surface area contributed by atoms with E-state index in [0.29, 0.717) is 0 Å². The fourth-order valence-electron chi connectivity index (χ4n) is 11.0. The van der Waals surface area contributed by atoms with Gasteiger partial charge in [-0.1, -0.05) is 141 Å². The summed E-state index contributed by atoms with van der Waals surface area (Å²) < 4.78 is 22.0. The summed E-state index contributed by atoms with van der Waals surface area (Å²) in [6.45, 7) is 20.6. The molecule has 11 aromatic rings. The normalized spacial score (nSPS) is 13.7. The van der Waals surface area contributed by atoms with Crippen LogP contribution in [0, 0.1) is 0 Å². The minimum absolute atomic E-state index is 0.00101. The van der Waals surface area contributed by atoms with Crippen LogP contribution in [0.15, 0.2) is 146 Å². The predicted molar refractivity (Wildman–Crippen MR) is 282 cm³/mol. The van der Waals surface area contributed by atoms with Crippen LogP contribution < -0.4 is 25.9 Å². The number of ether oxygens (including phenoxy) is 2. The van der Waals surface area contributed by atoms with Gasteiger partial charge in [0.15, 0.2) is 0 Å². The molecule has 6 heteroatoms. The Hall–Kier alpha value is -6.76. The molecule has 0 N–H and O–H groups in total. The first-order valence-electron chi connectivity index (χ1n) is 23.4. The highest BCUT2D eigenvalue weighted by Crippen LogP contribution is 2.49. The van der Waals surface area contributed by atoms with Gasteiger partial charge in [-0.05, 0) is 98.5 Å². The summed E-state index contributed by atoms with van der Waals surface area (Å²) in [5, 5.41) is 7.37. The van der Waals surface area contributed by atoms with Crippen molar-refractivity contribution in [3.63, 3.8) is 0 Å². The molecule has 4 nitrogen and oxygen atoms in total. The Kier molecular flexibility index (Phi) is 8.05. The summed E-state index contributed by atoms with van der Waals surface area (Å²) in [5.74, 6) is 3.47. The summed E-state index contributed by atoms with van der Waals surface area (Å²) in [4.78, 5) is 0. The number of hydrogen-bond acceptors (Lipinski definition) is 3. The second kappa shape index (κ2) is 13.4. The molecule has 322 valence electrons. The van der Waals surface area contributed by atoms with Gasteiger partial charge >= 0.3 is 0 Å². The highest BCUT2D eigenvalue weighted by Gasteiger charge is 2.43. The summed E-state index contributed by atoms with van der Waals surface area (Å²) in [6, 6.07) is 54.4. The van der Waals surface area contributed by atoms with Crippen molar-refractivity contribution in [2.75, 3.05) is 0 Å². The zero-order valence-corrected chi connectivity index (χ0v) is 39.9. The van der Waals surface area contributed by atoms with E-state index in [4.69, 9.17) is 9.47 Å². The largest absolute Gasteiger partial charge is 0.458 e. The lowest BCUT2D eigenvalue weighted by molar-refractivity contribution is 0.466. The lowest BCUT2D eigenvalue weighted by Crippen LogP contribution is -2.57. The Morgan fingerprint density at radius 1 is 0.439 bits per heavy atom. The number of benzene rings is 8. The lowest BCUT2D eigenvalue weighted by atomic mass is 9.34. The van der Waals surface area contributed by atoms with Crippen molar-refractivity contribution in [3.8, 4) is 34.4 Å². The molecule has 0 unspecified atom stereocenters. The highest BCUT2D eigenvalue weighted by molar-refractivity contribution is 7.26. The first-order valence-corrected chi connectivity index (χ1v) is 24.2. The standard InChI is InChI=1S/C60H51BN2O2S/c1-58(2,3)34-22-25-47-41(28-34)42-29-35(59(4,5)6)23-26-48(42)63(47)49-33-44-56(54-40-18-12-15-21-53(40)66-57(49)54)65-52-32-37(62-45-19-13-10-16-38(45)39-17-11-14-20-46(39)62)31-51-55(52)61(44)43-30-36(60(7,8)9)24-27-50(43)64-51/h10-33H,1-9H3. The zero-order chi connectivity index (χ0) is 45.2. The van der Waals surface area contributed by atoms with Crippen LogP contribution in [0.3, 0.4) is 0 Å². The molecule has 0 amide bonds. The third-order valence-electron chi connectivity index (χ3n) is 14.5. The molecule has 2 aliphatic heterocycles. The summed E-state index contributed by atoms with van der Waals surface area (Å²) in [6.07, 6.45) is 0. The van der Waals surface area contributed by atoms with Crippen LogP contribution in [-0.2, 0) is 16.2 Å². The first-order chi connectivity index (χ1) is 31.6. The average molecular weight is 875 g/mol. The molecular formula is C60H51BN2O2S. The van der Waals surface area contributed by atoms with Gasteiger partial charge < -0.3 is 18.6 Å². The quantitative estimate of drug-likeness (QED) is 0.162. The van der Waals surface area contributed by atoms with Gasteiger partial charge in [-0.2, -0.15) is 0 Å². The van der Waals surface area contributed by atoms with Gasteiger partial charge in [0.25, 0.3) is 6.71 Å². The van der Waals surface area contributed by atoms with Crippen molar-refractivity contribution >= 4 is 98.2 Å². The molecule has 8 aromatic carbocycles. The van der Waals surface area contributed by atoms with Crippen LogP contribution in [0.2, 0.25) is 0 Å². The number of para-hydroxylation sites is 2. The van der Waals surface area contributed by atoms with Crippen LogP contribution >= 0.6 is 11.3 Å². The molecule has 0 spiro atoms. The Morgan fingerprint density at radius 3 is 1.56 bits per heavy atom. The van der Waals surface area contributed by atoms with Gasteiger partial charge in [0, 0.05) is 54.6 Å². The number of thiophene rings is 1. The van der Waals surface area contributed by atoms with E-state index in [2.05, 4.69) is 217 Å². The SMILES string of the molecule is CC(C)(C)c1ccc2c(c1)B1c3cc(-n4c5ccc(C(C)(C)C)cc5c5cc(C(C)(C)C)ccc54)c4sc5ccccc5c4c3Oc3cc(-n4c5ccccc5c5ccccc54)cc(c31)O2. The van der Waals surface area contributed by atoms with Gasteiger partial charge in [-0.15, -0.1) is 11.3 Å². The summed E-state index contributed by atoms with van der Waals surface area (Å²) >= 11 is 1.86. The fourth-order valence-corrected chi connectivity index (χ4v) is 12.2. The Balaban J connectivity index is 1.15. The van der Waals surface area contributed by atoms with Crippen LogP contribution in [0.1, 0.15) is 79.0 Å². The molecule has 0 fully saturated rings. The number of fused-ring (bicyclic) bond motifs is 14. The van der Waals surface area contributed by atoms with Crippen molar-refractivity contribution in [2.24, 2.45) is 0 Å². The van der Waals surface area contributed by atoms with Gasteiger partial charge in [0.05, 0.1) is 38.1 Å². The molecular weight excluding hydrogens is 824 g/mol. The molecule has 0 bridgehead atoms. The fraction of sp³-hybridized carbons (Fsp3) is 0.200. The van der Waals surface area contributed by atoms with E-state index in [1.807, 2.05) is 11.3 Å². The van der Waals surface area contributed by atoms with E-state index in [0.717, 1.165) is 56.0 Å². The summed E-state index contributed by atoms with van der Waals surface area (Å²) in [7, 11) is 0. The first kappa shape index (κ1) is 39.6. The molecule has 0 radical (unpaired) electrons. The molecule has 0 aliphatic carbocycles. The minimum atomic E-state index is -0.146. The molecule has 3 aromatic heterocycles. The average Bonchev–Trinajstić information content (AvgIpc) is 3.95. The smallest absolute Gasteiger partial charge is 0.260 e. The van der Waals surface area contributed by atoms with Crippen LogP contribution in [0.5, 0.6) is 23.0 Å². The van der Waals surface area contributed by atoms with E-state index in [9.17, 15) is 0 Å². The van der Waals surface area contributed by atoms with Crippen LogP contribution in [-0.4, -0.2) is 15.8 Å². The molecule has 0 atom stereocenters. The van der Waals surface area contributed by atoms with E-state index < -0.39 is 0 Å². The van der Waals surface area contributed by atoms with Gasteiger partial charge in [-0.25, -0.2) is 0 Å². The highest BCUT2D eigenvalue weighted by atomic mass is 32.1. The van der Waals surface area contributed by atoms with Crippen molar-refractivity contribution in [3.05, 3.63) is 162 Å². The molecule has 5 heterocycles. The summed E-state index contributed by atoms with van der Waals surface area (Å²) in [5.41, 5.74) is 14.2. The van der Waals surface area contributed by atoms with Crippen molar-refractivity contribution < 1.29 is 9.47 Å². The third-order valence-corrected chi connectivity index (χ3v) is 15.7. The maximum atomic E-state index is 7.54. The number of hydrogen-bond donors (Lipinski definition) is 0. The molecule has 0 saturated heterocycles. The van der Waals surface area contributed by atoms with Gasteiger partial charge in [0.1, 0.15) is 23.0 Å².